The van der Waals surface area contributed by atoms with E-state index < -0.39 is 11.0 Å². The summed E-state index contributed by atoms with van der Waals surface area (Å²) in [5, 5.41) is 2.91. The Kier molecular flexibility index (Phi) is 5.94. The molecule has 2 amide bonds. The second-order valence-corrected chi connectivity index (χ2v) is 8.49. The van der Waals surface area contributed by atoms with Gasteiger partial charge in [0.05, 0.1) is 5.92 Å². The first-order chi connectivity index (χ1) is 12.0. The summed E-state index contributed by atoms with van der Waals surface area (Å²) in [7, 11) is 0. The molecule has 1 aromatic rings. The first-order valence-corrected chi connectivity index (χ1v) is 9.00. The van der Waals surface area contributed by atoms with E-state index in [0.29, 0.717) is 31.6 Å². The zero-order valence-electron chi connectivity index (χ0n) is 16.3. The normalized spacial score (nSPS) is 17.9. The molecule has 6 heteroatoms. The number of likely N-dealkylation sites (tertiary alicyclic amines) is 1. The summed E-state index contributed by atoms with van der Waals surface area (Å²) in [6, 6.07) is 6.60. The molecule has 5 nitrogen and oxygen atoms in total. The topological polar surface area (TPSA) is 58.6 Å². The highest BCUT2D eigenvalue weighted by Crippen LogP contribution is 2.25. The van der Waals surface area contributed by atoms with Gasteiger partial charge in [0.2, 0.25) is 5.91 Å². The van der Waals surface area contributed by atoms with Gasteiger partial charge >= 0.3 is 6.09 Å². The van der Waals surface area contributed by atoms with Crippen LogP contribution in [0.5, 0.6) is 0 Å². The average Bonchev–Trinajstić information content (AvgIpc) is 3.01. The van der Waals surface area contributed by atoms with Gasteiger partial charge in [0.1, 0.15) is 11.4 Å². The Balaban J connectivity index is 1.89. The van der Waals surface area contributed by atoms with Crippen LogP contribution in [0.25, 0.3) is 0 Å². The molecule has 0 bridgehead atoms. The Morgan fingerprint density at radius 2 is 1.88 bits per heavy atom. The van der Waals surface area contributed by atoms with Crippen molar-refractivity contribution in [1.82, 2.24) is 10.2 Å². The number of ether oxygens (including phenoxy) is 1. The lowest BCUT2D eigenvalue weighted by Gasteiger charge is -2.27. The summed E-state index contributed by atoms with van der Waals surface area (Å²) < 4.78 is 19.4. The standard InChI is InChI=1S/C20H29FN2O3/c1-19(2,3)26-18(25)23-11-10-14(12-23)17(24)22-13-20(4,5)15-8-6-7-9-16(15)21/h6-9,14H,10-13H2,1-5H3,(H,22,24). The van der Waals surface area contributed by atoms with E-state index in [1.807, 2.05) is 34.6 Å². The largest absolute Gasteiger partial charge is 0.444 e. The van der Waals surface area contributed by atoms with Gasteiger partial charge in [-0.3, -0.25) is 4.79 Å². The third kappa shape index (κ3) is 5.19. The van der Waals surface area contributed by atoms with Crippen molar-refractivity contribution in [3.8, 4) is 0 Å². The van der Waals surface area contributed by atoms with Gasteiger partial charge < -0.3 is 15.0 Å². The van der Waals surface area contributed by atoms with Crippen LogP contribution in [0.1, 0.15) is 46.6 Å². The first-order valence-electron chi connectivity index (χ1n) is 9.00. The van der Waals surface area contributed by atoms with Gasteiger partial charge in [-0.25, -0.2) is 9.18 Å². The number of nitrogens with one attached hydrogen (secondary N) is 1. The van der Waals surface area contributed by atoms with Crippen LogP contribution in [-0.2, 0) is 14.9 Å². The molecule has 1 atom stereocenters. The van der Waals surface area contributed by atoms with Gasteiger partial charge in [-0.05, 0) is 38.8 Å². The number of nitrogens with zero attached hydrogens (tertiary/aromatic N) is 1. The fraction of sp³-hybridized carbons (Fsp3) is 0.600. The molecule has 1 saturated heterocycles. The number of amides is 2. The van der Waals surface area contributed by atoms with E-state index in [4.69, 9.17) is 4.74 Å². The molecule has 0 radical (unpaired) electrons. The van der Waals surface area contributed by atoms with Gasteiger partial charge in [0, 0.05) is 25.0 Å². The fourth-order valence-electron chi connectivity index (χ4n) is 3.02. The Bertz CT molecular complexity index is 667. The number of hydrogen-bond acceptors (Lipinski definition) is 3. The molecule has 1 aliphatic rings. The minimum absolute atomic E-state index is 0.111. The Morgan fingerprint density at radius 1 is 1.23 bits per heavy atom. The highest BCUT2D eigenvalue weighted by atomic mass is 19.1. The summed E-state index contributed by atoms with van der Waals surface area (Å²) in [6.45, 7) is 10.4. The molecule has 1 N–H and O–H groups in total. The predicted octanol–water partition coefficient (Wildman–Crippen LogP) is 3.48. The van der Waals surface area contributed by atoms with Crippen molar-refractivity contribution in [3.05, 3.63) is 35.6 Å². The lowest BCUT2D eigenvalue weighted by molar-refractivity contribution is -0.124. The van der Waals surface area contributed by atoms with E-state index in [-0.39, 0.29) is 23.7 Å². The summed E-state index contributed by atoms with van der Waals surface area (Å²) >= 11 is 0. The van der Waals surface area contributed by atoms with Crippen molar-refractivity contribution in [1.29, 1.82) is 0 Å². The molecule has 26 heavy (non-hydrogen) atoms. The second kappa shape index (κ2) is 7.64. The Labute approximate surface area is 154 Å². The number of hydrogen-bond donors (Lipinski definition) is 1. The number of rotatable bonds is 4. The molecule has 0 aromatic heterocycles. The van der Waals surface area contributed by atoms with Crippen molar-refractivity contribution in [2.45, 2.75) is 52.1 Å². The monoisotopic (exact) mass is 364 g/mol. The zero-order valence-corrected chi connectivity index (χ0v) is 16.3. The smallest absolute Gasteiger partial charge is 0.410 e. The van der Waals surface area contributed by atoms with Crippen LogP contribution in [0, 0.1) is 11.7 Å². The number of halogens is 1. The van der Waals surface area contributed by atoms with Crippen LogP contribution >= 0.6 is 0 Å². The maximum atomic E-state index is 14.0. The third-order valence-electron chi connectivity index (χ3n) is 4.52. The van der Waals surface area contributed by atoms with Gasteiger partial charge in [-0.2, -0.15) is 0 Å². The third-order valence-corrected chi connectivity index (χ3v) is 4.52. The van der Waals surface area contributed by atoms with E-state index in [9.17, 15) is 14.0 Å². The first kappa shape index (κ1) is 20.2. The quantitative estimate of drug-likeness (QED) is 0.890. The van der Waals surface area contributed by atoms with Crippen LogP contribution in [0.15, 0.2) is 24.3 Å². The molecule has 1 aliphatic heterocycles. The highest BCUT2D eigenvalue weighted by molar-refractivity contribution is 5.80. The lowest BCUT2D eigenvalue weighted by atomic mass is 9.84. The fourth-order valence-corrected chi connectivity index (χ4v) is 3.02. The molecular formula is C20H29FN2O3. The molecule has 0 aliphatic carbocycles. The average molecular weight is 364 g/mol. The maximum absolute atomic E-state index is 14.0. The number of carbonyl (C=O) groups is 2. The van der Waals surface area contributed by atoms with Crippen molar-refractivity contribution < 1.29 is 18.7 Å². The van der Waals surface area contributed by atoms with Gasteiger partial charge in [0.15, 0.2) is 0 Å². The molecular weight excluding hydrogens is 335 g/mol. The van der Waals surface area contributed by atoms with Gasteiger partial charge in [0.25, 0.3) is 0 Å². The van der Waals surface area contributed by atoms with Gasteiger partial charge in [-0.15, -0.1) is 0 Å². The summed E-state index contributed by atoms with van der Waals surface area (Å²) in [5.41, 5.74) is -0.506. The van der Waals surface area contributed by atoms with E-state index in [2.05, 4.69) is 5.32 Å². The van der Waals surface area contributed by atoms with Crippen molar-refractivity contribution in [3.63, 3.8) is 0 Å². The van der Waals surface area contributed by atoms with Gasteiger partial charge in [-0.1, -0.05) is 32.0 Å². The molecule has 0 spiro atoms. The molecule has 1 aromatic carbocycles. The zero-order chi connectivity index (χ0) is 19.5. The number of carbonyl (C=O) groups excluding carboxylic acids is 2. The van der Waals surface area contributed by atoms with E-state index >= 15 is 0 Å². The van der Waals surface area contributed by atoms with Crippen molar-refractivity contribution in [2.24, 2.45) is 5.92 Å². The molecule has 1 fully saturated rings. The molecule has 1 heterocycles. The molecule has 1 unspecified atom stereocenters. The van der Waals surface area contributed by atoms with Crippen LogP contribution < -0.4 is 5.32 Å². The maximum Gasteiger partial charge on any atom is 0.410 e. The summed E-state index contributed by atoms with van der Waals surface area (Å²) in [4.78, 5) is 26.1. The highest BCUT2D eigenvalue weighted by Gasteiger charge is 2.34. The predicted molar refractivity (Wildman–Crippen MR) is 98.3 cm³/mol. The SMILES string of the molecule is CC(C)(C)OC(=O)N1CCC(C(=O)NCC(C)(C)c2ccccc2F)C1. The van der Waals surface area contributed by atoms with Crippen molar-refractivity contribution >= 4 is 12.0 Å². The van der Waals surface area contributed by atoms with Crippen LogP contribution in [0.2, 0.25) is 0 Å². The van der Waals surface area contributed by atoms with Crippen LogP contribution in [-0.4, -0.2) is 42.1 Å². The van der Waals surface area contributed by atoms with E-state index in [1.54, 1.807) is 23.1 Å². The minimum atomic E-state index is -0.554. The summed E-state index contributed by atoms with van der Waals surface area (Å²) in [6.07, 6.45) is 0.213. The van der Waals surface area contributed by atoms with E-state index in [1.165, 1.54) is 6.07 Å². The second-order valence-electron chi connectivity index (χ2n) is 8.49. The molecule has 2 rings (SSSR count). The van der Waals surface area contributed by atoms with Crippen LogP contribution in [0.3, 0.4) is 0 Å². The number of benzene rings is 1. The lowest BCUT2D eigenvalue weighted by Crippen LogP contribution is -2.41. The molecule has 144 valence electrons. The molecule has 0 saturated carbocycles. The van der Waals surface area contributed by atoms with E-state index in [0.717, 1.165) is 0 Å². The Morgan fingerprint density at radius 3 is 2.50 bits per heavy atom. The van der Waals surface area contributed by atoms with Crippen LogP contribution in [0.4, 0.5) is 9.18 Å². The minimum Gasteiger partial charge on any atom is -0.444 e. The summed E-state index contributed by atoms with van der Waals surface area (Å²) in [5.74, 6) is -0.650. The van der Waals surface area contributed by atoms with Crippen molar-refractivity contribution in [2.75, 3.05) is 19.6 Å². The Hall–Kier alpha value is -2.11.